The van der Waals surface area contributed by atoms with Crippen molar-refractivity contribution in [3.05, 3.63) is 66.2 Å². The molecule has 1 amide bonds. The minimum absolute atomic E-state index is 0.296. The summed E-state index contributed by atoms with van der Waals surface area (Å²) in [6, 6.07) is 20.5. The molecule has 0 radical (unpaired) electrons. The minimum Gasteiger partial charge on any atom is -0.482 e. The zero-order valence-corrected chi connectivity index (χ0v) is 13.9. The first kappa shape index (κ1) is 15.3. The Morgan fingerprint density at radius 3 is 2.08 bits per heavy atom. The van der Waals surface area contributed by atoms with E-state index in [0.717, 1.165) is 44.5 Å². The molecule has 0 aromatic heterocycles. The van der Waals surface area contributed by atoms with Crippen molar-refractivity contribution in [1.29, 1.82) is 0 Å². The molecule has 2 aromatic carbocycles. The van der Waals surface area contributed by atoms with E-state index in [0.29, 0.717) is 11.8 Å². The molecular formula is C21H23NO2. The Labute approximate surface area is 143 Å². The number of carbonyl (C=O) groups is 1. The quantitative estimate of drug-likeness (QED) is 0.852. The molecule has 2 fully saturated rings. The highest BCUT2D eigenvalue weighted by Crippen LogP contribution is 2.39. The molecular weight excluding hydrogens is 298 g/mol. The van der Waals surface area contributed by atoms with Gasteiger partial charge in [-0.15, -0.1) is 0 Å². The fourth-order valence-electron chi connectivity index (χ4n) is 3.58. The van der Waals surface area contributed by atoms with Crippen LogP contribution >= 0.6 is 0 Å². The van der Waals surface area contributed by atoms with Gasteiger partial charge in [-0.3, -0.25) is 4.79 Å². The molecule has 0 N–H and O–H groups in total. The number of amides is 1. The summed E-state index contributed by atoms with van der Waals surface area (Å²) in [7, 11) is 0. The highest BCUT2D eigenvalue weighted by atomic mass is 16.5. The molecule has 2 aliphatic rings. The Balaban J connectivity index is 1.57. The second-order valence-corrected chi connectivity index (χ2v) is 6.87. The van der Waals surface area contributed by atoms with Gasteiger partial charge in [0.25, 0.3) is 0 Å². The molecule has 4 rings (SSSR count). The van der Waals surface area contributed by atoms with E-state index in [9.17, 15) is 4.79 Å². The summed E-state index contributed by atoms with van der Waals surface area (Å²) in [6.07, 6.45) is 3.81. The molecule has 1 saturated heterocycles. The van der Waals surface area contributed by atoms with Crippen LogP contribution in [-0.4, -0.2) is 23.9 Å². The summed E-state index contributed by atoms with van der Waals surface area (Å²) in [4.78, 5) is 14.4. The summed E-state index contributed by atoms with van der Waals surface area (Å²) in [5, 5.41) is 0. The van der Waals surface area contributed by atoms with E-state index in [4.69, 9.17) is 4.74 Å². The number of para-hydroxylation sites is 1. The molecule has 3 heteroatoms. The third-order valence-corrected chi connectivity index (χ3v) is 5.17. The van der Waals surface area contributed by atoms with Gasteiger partial charge in [-0.05, 0) is 30.5 Å². The second-order valence-electron chi connectivity index (χ2n) is 6.87. The van der Waals surface area contributed by atoms with Crippen LogP contribution in [0.3, 0.4) is 0 Å². The van der Waals surface area contributed by atoms with Crippen molar-refractivity contribution >= 4 is 5.91 Å². The van der Waals surface area contributed by atoms with Crippen molar-refractivity contribution in [2.24, 2.45) is 5.92 Å². The number of carbonyl (C=O) groups excluding carboxylic acids is 1. The van der Waals surface area contributed by atoms with E-state index in [2.05, 4.69) is 24.3 Å². The highest BCUT2D eigenvalue weighted by Gasteiger charge is 2.42. The van der Waals surface area contributed by atoms with Crippen molar-refractivity contribution in [3.8, 4) is 5.75 Å². The van der Waals surface area contributed by atoms with Gasteiger partial charge in [0, 0.05) is 31.8 Å². The molecule has 124 valence electrons. The van der Waals surface area contributed by atoms with Crippen molar-refractivity contribution in [2.75, 3.05) is 13.1 Å². The zero-order valence-electron chi connectivity index (χ0n) is 13.9. The van der Waals surface area contributed by atoms with Gasteiger partial charge in [0.1, 0.15) is 11.4 Å². The predicted octanol–water partition coefficient (Wildman–Crippen LogP) is 3.99. The summed E-state index contributed by atoms with van der Waals surface area (Å²) < 4.78 is 6.50. The van der Waals surface area contributed by atoms with Crippen molar-refractivity contribution in [1.82, 2.24) is 4.90 Å². The van der Waals surface area contributed by atoms with Gasteiger partial charge in [0.2, 0.25) is 5.91 Å². The molecule has 0 spiro atoms. The number of likely N-dealkylation sites (tertiary alicyclic amines) is 1. The van der Waals surface area contributed by atoms with Gasteiger partial charge in [-0.2, -0.15) is 0 Å². The molecule has 0 unspecified atom stereocenters. The minimum atomic E-state index is -0.344. The number of benzene rings is 2. The Morgan fingerprint density at radius 1 is 0.917 bits per heavy atom. The first-order valence-electron chi connectivity index (χ1n) is 8.85. The Morgan fingerprint density at radius 2 is 1.50 bits per heavy atom. The summed E-state index contributed by atoms with van der Waals surface area (Å²) in [5.41, 5.74) is 0.857. The SMILES string of the molecule is O=C(C1CC1)N1CCC(Oc2ccccc2)(c2ccccc2)CC1. The number of nitrogens with zero attached hydrogens (tertiary/aromatic N) is 1. The maximum atomic E-state index is 12.4. The monoisotopic (exact) mass is 321 g/mol. The highest BCUT2D eigenvalue weighted by molar-refractivity contribution is 5.81. The standard InChI is InChI=1S/C21H23NO2/c23-20(17-11-12-17)22-15-13-21(14-16-22,18-7-3-1-4-8-18)24-19-9-5-2-6-10-19/h1-10,17H,11-16H2. The lowest BCUT2D eigenvalue weighted by molar-refractivity contribution is -0.136. The molecule has 3 nitrogen and oxygen atoms in total. The van der Waals surface area contributed by atoms with E-state index in [1.165, 1.54) is 5.56 Å². The van der Waals surface area contributed by atoms with Crippen molar-refractivity contribution in [2.45, 2.75) is 31.3 Å². The van der Waals surface area contributed by atoms with Crippen LogP contribution in [0, 0.1) is 5.92 Å². The maximum absolute atomic E-state index is 12.4. The molecule has 1 heterocycles. The van der Waals surface area contributed by atoms with Crippen LogP contribution < -0.4 is 4.74 Å². The van der Waals surface area contributed by atoms with Gasteiger partial charge in [-0.25, -0.2) is 0 Å². The summed E-state index contributed by atoms with van der Waals surface area (Å²) in [5.74, 6) is 1.53. The van der Waals surface area contributed by atoms with Crippen LogP contribution in [0.4, 0.5) is 0 Å². The fourth-order valence-corrected chi connectivity index (χ4v) is 3.58. The number of rotatable bonds is 4. The lowest BCUT2D eigenvalue weighted by Crippen LogP contribution is -2.48. The third-order valence-electron chi connectivity index (χ3n) is 5.17. The number of hydrogen-bond acceptors (Lipinski definition) is 2. The fraction of sp³-hybridized carbons (Fsp3) is 0.381. The third kappa shape index (κ3) is 3.03. The molecule has 0 atom stereocenters. The predicted molar refractivity (Wildman–Crippen MR) is 93.7 cm³/mol. The molecule has 1 saturated carbocycles. The van der Waals surface area contributed by atoms with Crippen LogP contribution in [0.1, 0.15) is 31.2 Å². The number of hydrogen-bond donors (Lipinski definition) is 0. The van der Waals surface area contributed by atoms with Crippen LogP contribution in [-0.2, 0) is 10.4 Å². The van der Waals surface area contributed by atoms with Crippen LogP contribution in [0.2, 0.25) is 0 Å². The van der Waals surface area contributed by atoms with E-state index < -0.39 is 0 Å². The Bertz CT molecular complexity index is 686. The number of ether oxygens (including phenoxy) is 1. The molecule has 1 aliphatic carbocycles. The lowest BCUT2D eigenvalue weighted by Gasteiger charge is -2.42. The Hall–Kier alpha value is -2.29. The van der Waals surface area contributed by atoms with E-state index in [1.807, 2.05) is 41.3 Å². The Kier molecular flexibility index (Phi) is 4.01. The molecule has 2 aromatic rings. The lowest BCUT2D eigenvalue weighted by atomic mass is 9.84. The average Bonchev–Trinajstić information content (AvgIpc) is 3.49. The maximum Gasteiger partial charge on any atom is 0.225 e. The van der Waals surface area contributed by atoms with Crippen molar-refractivity contribution < 1.29 is 9.53 Å². The van der Waals surface area contributed by atoms with Gasteiger partial charge < -0.3 is 9.64 Å². The van der Waals surface area contributed by atoms with E-state index in [-0.39, 0.29) is 5.60 Å². The molecule has 1 aliphatic heterocycles. The topological polar surface area (TPSA) is 29.5 Å². The van der Waals surface area contributed by atoms with Crippen LogP contribution in [0.15, 0.2) is 60.7 Å². The van der Waals surface area contributed by atoms with Crippen LogP contribution in [0.5, 0.6) is 5.75 Å². The van der Waals surface area contributed by atoms with Gasteiger partial charge in [-0.1, -0.05) is 48.5 Å². The van der Waals surface area contributed by atoms with Gasteiger partial charge in [0.05, 0.1) is 0 Å². The first-order chi connectivity index (χ1) is 11.8. The normalized spacial score (nSPS) is 19.8. The van der Waals surface area contributed by atoms with E-state index >= 15 is 0 Å². The molecule has 0 bridgehead atoms. The summed E-state index contributed by atoms with van der Waals surface area (Å²) in [6.45, 7) is 1.55. The van der Waals surface area contributed by atoms with Crippen molar-refractivity contribution in [3.63, 3.8) is 0 Å². The average molecular weight is 321 g/mol. The largest absolute Gasteiger partial charge is 0.482 e. The van der Waals surface area contributed by atoms with Gasteiger partial charge in [0.15, 0.2) is 0 Å². The zero-order chi connectivity index (χ0) is 16.4. The van der Waals surface area contributed by atoms with Crippen LogP contribution in [0.25, 0.3) is 0 Å². The smallest absolute Gasteiger partial charge is 0.225 e. The summed E-state index contributed by atoms with van der Waals surface area (Å²) >= 11 is 0. The van der Waals surface area contributed by atoms with E-state index in [1.54, 1.807) is 0 Å². The first-order valence-corrected chi connectivity index (χ1v) is 8.85. The number of piperidine rings is 1. The molecule has 24 heavy (non-hydrogen) atoms. The second kappa shape index (κ2) is 6.31. The van der Waals surface area contributed by atoms with Gasteiger partial charge >= 0.3 is 0 Å².